The fraction of sp³-hybridized carbons (Fsp3) is 0.625. The van der Waals surface area contributed by atoms with Crippen LogP contribution >= 0.6 is 0 Å². The number of aromatic nitrogens is 1. The molecule has 0 unspecified atom stereocenters. The van der Waals surface area contributed by atoms with Crippen molar-refractivity contribution in [3.63, 3.8) is 0 Å². The first-order valence-corrected chi connectivity index (χ1v) is 7.63. The molecule has 0 spiro atoms. The number of nitrogens with zero attached hydrogens (tertiary/aromatic N) is 1. The van der Waals surface area contributed by atoms with Gasteiger partial charge in [0, 0.05) is 24.0 Å². The molecule has 0 saturated heterocycles. The van der Waals surface area contributed by atoms with Gasteiger partial charge in [-0.3, -0.25) is 9.78 Å². The lowest BCUT2D eigenvalue weighted by Crippen LogP contribution is -2.53. The lowest BCUT2D eigenvalue weighted by Gasteiger charge is -2.42. The molecule has 2 rings (SSSR count). The molecule has 0 bridgehead atoms. The van der Waals surface area contributed by atoms with Gasteiger partial charge >= 0.3 is 0 Å². The third-order valence-electron chi connectivity index (χ3n) is 4.22. The van der Waals surface area contributed by atoms with E-state index in [0.29, 0.717) is 5.56 Å². The molecule has 20 heavy (non-hydrogen) atoms. The third-order valence-corrected chi connectivity index (χ3v) is 4.22. The molecule has 0 aliphatic heterocycles. The monoisotopic (exact) mass is 275 g/mol. The van der Waals surface area contributed by atoms with E-state index in [-0.39, 0.29) is 11.4 Å². The van der Waals surface area contributed by atoms with Crippen LogP contribution in [0, 0.1) is 6.92 Å². The Bertz CT molecular complexity index is 475. The minimum absolute atomic E-state index is 0.00217. The van der Waals surface area contributed by atoms with E-state index in [0.717, 1.165) is 43.6 Å². The zero-order chi connectivity index (χ0) is 14.6. The summed E-state index contributed by atoms with van der Waals surface area (Å²) in [5.41, 5.74) is 2.49. The Balaban J connectivity index is 2.16. The van der Waals surface area contributed by atoms with Crippen LogP contribution in [0.5, 0.6) is 0 Å². The fourth-order valence-electron chi connectivity index (χ4n) is 2.63. The Morgan fingerprint density at radius 2 is 2.15 bits per heavy atom. The number of nitrogens with one attached hydrogen (secondary N) is 2. The minimum Gasteiger partial charge on any atom is -0.384 e. The molecule has 2 N–H and O–H groups in total. The summed E-state index contributed by atoms with van der Waals surface area (Å²) in [6, 6.07) is 1.95. The Hall–Kier alpha value is -1.58. The van der Waals surface area contributed by atoms with Crippen LogP contribution in [0.2, 0.25) is 0 Å². The van der Waals surface area contributed by atoms with Gasteiger partial charge in [0.2, 0.25) is 0 Å². The van der Waals surface area contributed by atoms with Crippen molar-refractivity contribution in [2.75, 3.05) is 11.9 Å². The highest BCUT2D eigenvalue weighted by atomic mass is 16.1. The number of rotatable bonds is 6. The van der Waals surface area contributed by atoms with E-state index in [9.17, 15) is 4.79 Å². The van der Waals surface area contributed by atoms with Crippen LogP contribution in [0.3, 0.4) is 0 Å². The van der Waals surface area contributed by atoms with Crippen molar-refractivity contribution in [3.8, 4) is 0 Å². The molecule has 0 aromatic carbocycles. The van der Waals surface area contributed by atoms with Crippen molar-refractivity contribution in [1.82, 2.24) is 10.3 Å². The summed E-state index contributed by atoms with van der Waals surface area (Å²) >= 11 is 0. The Morgan fingerprint density at radius 3 is 2.70 bits per heavy atom. The van der Waals surface area contributed by atoms with Gasteiger partial charge in [0.05, 0.1) is 11.3 Å². The second kappa shape index (κ2) is 6.25. The van der Waals surface area contributed by atoms with Crippen molar-refractivity contribution in [1.29, 1.82) is 0 Å². The molecule has 1 aromatic rings. The van der Waals surface area contributed by atoms with E-state index in [4.69, 9.17) is 0 Å². The predicted octanol–water partition coefficient (Wildman–Crippen LogP) is 3.27. The summed E-state index contributed by atoms with van der Waals surface area (Å²) in [6.07, 6.45) is 7.10. The topological polar surface area (TPSA) is 54.0 Å². The highest BCUT2D eigenvalue weighted by molar-refractivity contribution is 5.99. The van der Waals surface area contributed by atoms with E-state index in [1.165, 1.54) is 6.42 Å². The highest BCUT2D eigenvalue weighted by Gasteiger charge is 2.36. The maximum Gasteiger partial charge on any atom is 0.255 e. The average molecular weight is 275 g/mol. The molecule has 1 saturated carbocycles. The van der Waals surface area contributed by atoms with Crippen LogP contribution in [-0.4, -0.2) is 23.0 Å². The molecule has 0 atom stereocenters. The number of hydrogen-bond acceptors (Lipinski definition) is 3. The number of carbonyl (C=O) groups excluding carboxylic acids is 1. The molecule has 1 aliphatic carbocycles. The van der Waals surface area contributed by atoms with Gasteiger partial charge in [0.1, 0.15) is 0 Å². The van der Waals surface area contributed by atoms with Gasteiger partial charge < -0.3 is 10.6 Å². The number of amides is 1. The van der Waals surface area contributed by atoms with Gasteiger partial charge in [-0.1, -0.05) is 13.8 Å². The summed E-state index contributed by atoms with van der Waals surface area (Å²) in [4.78, 5) is 16.8. The lowest BCUT2D eigenvalue weighted by molar-refractivity contribution is 0.0821. The quantitative estimate of drug-likeness (QED) is 0.837. The van der Waals surface area contributed by atoms with Crippen molar-refractivity contribution in [3.05, 3.63) is 23.5 Å². The number of hydrogen-bond donors (Lipinski definition) is 2. The zero-order valence-corrected chi connectivity index (χ0v) is 12.8. The van der Waals surface area contributed by atoms with Gasteiger partial charge in [-0.05, 0) is 45.1 Å². The summed E-state index contributed by atoms with van der Waals surface area (Å²) < 4.78 is 0. The van der Waals surface area contributed by atoms with Crippen LogP contribution in [0.4, 0.5) is 5.69 Å². The molecule has 1 fully saturated rings. The van der Waals surface area contributed by atoms with E-state index < -0.39 is 0 Å². The highest BCUT2D eigenvalue weighted by Crippen LogP contribution is 2.35. The summed E-state index contributed by atoms with van der Waals surface area (Å²) in [7, 11) is 0. The molecule has 1 aromatic heterocycles. The first kappa shape index (κ1) is 14.8. The van der Waals surface area contributed by atoms with Gasteiger partial charge in [-0.2, -0.15) is 0 Å². The first-order valence-electron chi connectivity index (χ1n) is 7.63. The first-order chi connectivity index (χ1) is 9.60. The van der Waals surface area contributed by atoms with E-state index >= 15 is 0 Å². The van der Waals surface area contributed by atoms with Crippen LogP contribution in [0.15, 0.2) is 12.3 Å². The van der Waals surface area contributed by atoms with Crippen molar-refractivity contribution in [2.24, 2.45) is 0 Å². The van der Waals surface area contributed by atoms with Gasteiger partial charge in [-0.15, -0.1) is 0 Å². The number of anilines is 1. The normalized spacial score (nSPS) is 16.4. The molecule has 4 nitrogen and oxygen atoms in total. The van der Waals surface area contributed by atoms with E-state index in [1.54, 1.807) is 6.20 Å². The van der Waals surface area contributed by atoms with Crippen LogP contribution < -0.4 is 10.6 Å². The second-order valence-corrected chi connectivity index (χ2v) is 5.74. The molecule has 110 valence electrons. The van der Waals surface area contributed by atoms with E-state index in [2.05, 4.69) is 29.5 Å². The molecular formula is C16H25N3O. The molecule has 4 heteroatoms. The summed E-state index contributed by atoms with van der Waals surface area (Å²) in [5.74, 6) is -0.00217. The molecular weight excluding hydrogens is 250 g/mol. The van der Waals surface area contributed by atoms with Crippen LogP contribution in [0.25, 0.3) is 0 Å². The van der Waals surface area contributed by atoms with E-state index in [1.807, 2.05) is 13.0 Å². The summed E-state index contributed by atoms with van der Waals surface area (Å²) in [6.45, 7) is 7.06. The third kappa shape index (κ3) is 3.11. The Morgan fingerprint density at radius 1 is 1.40 bits per heavy atom. The predicted molar refractivity (Wildman–Crippen MR) is 82.1 cm³/mol. The number of aryl methyl sites for hydroxylation is 1. The van der Waals surface area contributed by atoms with Gasteiger partial charge in [0.15, 0.2) is 0 Å². The van der Waals surface area contributed by atoms with Crippen LogP contribution in [-0.2, 0) is 0 Å². The SMILES string of the molecule is CCCNc1cc(C)ncc1C(=O)NC1(CC)CCC1. The zero-order valence-electron chi connectivity index (χ0n) is 12.8. The maximum atomic E-state index is 12.5. The van der Waals surface area contributed by atoms with Crippen molar-refractivity contribution >= 4 is 11.6 Å². The molecule has 1 heterocycles. The fourth-order valence-corrected chi connectivity index (χ4v) is 2.63. The smallest absolute Gasteiger partial charge is 0.255 e. The molecule has 1 aliphatic rings. The second-order valence-electron chi connectivity index (χ2n) is 5.74. The molecule has 0 radical (unpaired) electrons. The lowest BCUT2D eigenvalue weighted by atomic mass is 9.74. The number of pyridine rings is 1. The minimum atomic E-state index is -0.00217. The Labute approximate surface area is 121 Å². The summed E-state index contributed by atoms with van der Waals surface area (Å²) in [5, 5.41) is 6.54. The van der Waals surface area contributed by atoms with Gasteiger partial charge in [0.25, 0.3) is 5.91 Å². The standard InChI is InChI=1S/C16H25N3O/c1-4-9-17-14-10-12(3)18-11-13(14)15(20)19-16(5-2)7-6-8-16/h10-11H,4-9H2,1-3H3,(H,17,18)(H,19,20). The Kier molecular flexibility index (Phi) is 4.63. The average Bonchev–Trinajstić information content (AvgIpc) is 2.40. The van der Waals surface area contributed by atoms with Crippen LogP contribution in [0.1, 0.15) is 62.0 Å². The largest absolute Gasteiger partial charge is 0.384 e. The maximum absolute atomic E-state index is 12.5. The van der Waals surface area contributed by atoms with Crippen molar-refractivity contribution < 1.29 is 4.79 Å². The number of carbonyl (C=O) groups is 1. The van der Waals surface area contributed by atoms with Crippen molar-refractivity contribution in [2.45, 2.75) is 58.4 Å². The molecule has 1 amide bonds. The van der Waals surface area contributed by atoms with Gasteiger partial charge in [-0.25, -0.2) is 0 Å².